The molecule has 1 heterocycles. The van der Waals surface area contributed by atoms with E-state index in [4.69, 9.17) is 4.42 Å². The Balaban J connectivity index is 1.61. The monoisotopic (exact) mass is 388 g/mol. The Kier molecular flexibility index (Phi) is 5.12. The van der Waals surface area contributed by atoms with Gasteiger partial charge in [0.05, 0.1) is 5.56 Å². The third-order valence-electron chi connectivity index (χ3n) is 5.08. The second-order valence-corrected chi connectivity index (χ2v) is 7.07. The molecule has 146 valence electrons. The van der Waals surface area contributed by atoms with Gasteiger partial charge in [-0.15, -0.1) is 0 Å². The number of oxazole rings is 1. The van der Waals surface area contributed by atoms with Crippen LogP contribution in [0, 0.1) is 5.82 Å². The van der Waals surface area contributed by atoms with Crippen LogP contribution in [0.3, 0.4) is 0 Å². The van der Waals surface area contributed by atoms with Crippen LogP contribution < -0.4 is 5.32 Å². The molecule has 0 fully saturated rings. The number of anilines is 1. The molecule has 1 aromatic heterocycles. The quantitative estimate of drug-likeness (QED) is 0.430. The molecule has 0 unspecified atom stereocenters. The summed E-state index contributed by atoms with van der Waals surface area (Å²) in [6, 6.07) is 19.1. The summed E-state index contributed by atoms with van der Waals surface area (Å²) in [6.45, 7) is 4.34. The number of amides is 1. The fraction of sp³-hybridized carbons (Fsp3) is 0.167. The van der Waals surface area contributed by atoms with Crippen LogP contribution in [0.15, 0.2) is 71.1 Å². The molecule has 0 aliphatic rings. The van der Waals surface area contributed by atoms with Crippen molar-refractivity contribution in [1.82, 2.24) is 4.98 Å². The standard InChI is InChI=1S/C24H21FN2O2/c1-3-15(2)16-11-12-22-21(14-16)27-24(29-22)17-7-6-8-18(13-17)26-23(28)19-9-4-5-10-20(19)25/h4-15H,3H2,1-2H3,(H,26,28)/t15-/m1/s1. The highest BCUT2D eigenvalue weighted by Crippen LogP contribution is 2.29. The Bertz CT molecular complexity index is 1180. The normalized spacial score (nSPS) is 12.1. The molecule has 29 heavy (non-hydrogen) atoms. The van der Waals surface area contributed by atoms with Crippen LogP contribution in [-0.2, 0) is 0 Å². The van der Waals surface area contributed by atoms with E-state index in [0.29, 0.717) is 23.1 Å². The summed E-state index contributed by atoms with van der Waals surface area (Å²) in [4.78, 5) is 17.0. The molecule has 0 aliphatic carbocycles. The van der Waals surface area contributed by atoms with Crippen molar-refractivity contribution in [3.8, 4) is 11.5 Å². The Morgan fingerprint density at radius 1 is 1.10 bits per heavy atom. The van der Waals surface area contributed by atoms with E-state index < -0.39 is 11.7 Å². The molecular formula is C24H21FN2O2. The zero-order valence-corrected chi connectivity index (χ0v) is 16.3. The lowest BCUT2D eigenvalue weighted by Gasteiger charge is -2.07. The van der Waals surface area contributed by atoms with Crippen molar-refractivity contribution in [2.45, 2.75) is 26.2 Å². The zero-order chi connectivity index (χ0) is 20.4. The first-order chi connectivity index (χ1) is 14.0. The summed E-state index contributed by atoms with van der Waals surface area (Å²) >= 11 is 0. The van der Waals surface area contributed by atoms with Crippen molar-refractivity contribution >= 4 is 22.7 Å². The fourth-order valence-corrected chi connectivity index (χ4v) is 3.18. The highest BCUT2D eigenvalue weighted by Gasteiger charge is 2.14. The van der Waals surface area contributed by atoms with Crippen LogP contribution in [0.5, 0.6) is 0 Å². The average molecular weight is 388 g/mol. The maximum absolute atomic E-state index is 13.8. The molecule has 4 rings (SSSR count). The van der Waals surface area contributed by atoms with Gasteiger partial charge in [0.25, 0.3) is 5.91 Å². The highest BCUT2D eigenvalue weighted by molar-refractivity contribution is 6.04. The number of carbonyl (C=O) groups is 1. The first kappa shape index (κ1) is 18.9. The number of rotatable bonds is 5. The van der Waals surface area contributed by atoms with Crippen molar-refractivity contribution in [2.75, 3.05) is 5.32 Å². The molecule has 1 atom stereocenters. The maximum Gasteiger partial charge on any atom is 0.258 e. The maximum atomic E-state index is 13.8. The van der Waals surface area contributed by atoms with Crippen molar-refractivity contribution in [2.24, 2.45) is 0 Å². The molecule has 0 spiro atoms. The predicted molar refractivity (Wildman–Crippen MR) is 113 cm³/mol. The molecule has 1 amide bonds. The zero-order valence-electron chi connectivity index (χ0n) is 16.3. The molecule has 0 aliphatic heterocycles. The molecule has 4 aromatic rings. The lowest BCUT2D eigenvalue weighted by atomic mass is 9.98. The van der Waals surface area contributed by atoms with Gasteiger partial charge >= 0.3 is 0 Å². The number of hydrogen-bond donors (Lipinski definition) is 1. The summed E-state index contributed by atoms with van der Waals surface area (Å²) in [5.41, 5.74) is 4.02. The summed E-state index contributed by atoms with van der Waals surface area (Å²) in [7, 11) is 0. The van der Waals surface area contributed by atoms with E-state index in [9.17, 15) is 9.18 Å². The van der Waals surface area contributed by atoms with Crippen molar-refractivity contribution in [3.05, 3.63) is 83.7 Å². The average Bonchev–Trinajstić information content (AvgIpc) is 3.17. The minimum absolute atomic E-state index is 0.00246. The smallest absolute Gasteiger partial charge is 0.258 e. The number of carbonyl (C=O) groups excluding carboxylic acids is 1. The van der Waals surface area contributed by atoms with Gasteiger partial charge in [-0.3, -0.25) is 4.79 Å². The third-order valence-corrected chi connectivity index (χ3v) is 5.08. The van der Waals surface area contributed by atoms with Crippen LogP contribution in [0.1, 0.15) is 42.1 Å². The number of aromatic nitrogens is 1. The molecule has 3 aromatic carbocycles. The molecule has 0 radical (unpaired) electrons. The van der Waals surface area contributed by atoms with E-state index in [0.717, 1.165) is 17.5 Å². The van der Waals surface area contributed by atoms with Crippen molar-refractivity contribution in [1.29, 1.82) is 0 Å². The summed E-state index contributed by atoms with van der Waals surface area (Å²) in [5, 5.41) is 2.73. The Labute approximate surface area is 168 Å². The van der Waals surface area contributed by atoms with Crippen LogP contribution in [-0.4, -0.2) is 10.9 Å². The van der Waals surface area contributed by atoms with E-state index in [1.807, 2.05) is 12.1 Å². The van der Waals surface area contributed by atoms with Crippen LogP contribution >= 0.6 is 0 Å². The second kappa shape index (κ2) is 7.87. The number of nitrogens with zero attached hydrogens (tertiary/aromatic N) is 1. The summed E-state index contributed by atoms with van der Waals surface area (Å²) in [5.74, 6) is -0.131. The number of halogens is 1. The molecule has 5 heteroatoms. The van der Waals surface area contributed by atoms with E-state index in [-0.39, 0.29) is 5.56 Å². The van der Waals surface area contributed by atoms with Gasteiger partial charge < -0.3 is 9.73 Å². The lowest BCUT2D eigenvalue weighted by Crippen LogP contribution is -2.13. The Morgan fingerprint density at radius 2 is 1.93 bits per heavy atom. The van der Waals surface area contributed by atoms with Gasteiger partial charge in [0.1, 0.15) is 11.3 Å². The number of benzene rings is 3. The van der Waals surface area contributed by atoms with Gasteiger partial charge in [0, 0.05) is 11.3 Å². The molecule has 0 saturated carbocycles. The first-order valence-electron chi connectivity index (χ1n) is 9.62. The molecule has 0 bridgehead atoms. The van der Waals surface area contributed by atoms with E-state index >= 15 is 0 Å². The second-order valence-electron chi connectivity index (χ2n) is 7.07. The van der Waals surface area contributed by atoms with E-state index in [1.54, 1.807) is 30.3 Å². The van der Waals surface area contributed by atoms with E-state index in [2.05, 4.69) is 36.3 Å². The highest BCUT2D eigenvalue weighted by atomic mass is 19.1. The van der Waals surface area contributed by atoms with Crippen molar-refractivity contribution in [3.63, 3.8) is 0 Å². The van der Waals surface area contributed by atoms with Crippen LogP contribution in [0.4, 0.5) is 10.1 Å². The summed E-state index contributed by atoms with van der Waals surface area (Å²) in [6.07, 6.45) is 1.06. The summed E-state index contributed by atoms with van der Waals surface area (Å²) < 4.78 is 19.7. The molecular weight excluding hydrogens is 367 g/mol. The van der Waals surface area contributed by atoms with Crippen LogP contribution in [0.2, 0.25) is 0 Å². The number of nitrogens with one attached hydrogen (secondary N) is 1. The molecule has 0 saturated heterocycles. The van der Waals surface area contributed by atoms with Gasteiger partial charge in [-0.2, -0.15) is 0 Å². The predicted octanol–water partition coefficient (Wildman–Crippen LogP) is 6.40. The van der Waals surface area contributed by atoms with Gasteiger partial charge in [-0.05, 0) is 60.4 Å². The number of fused-ring (bicyclic) bond motifs is 1. The van der Waals surface area contributed by atoms with Gasteiger partial charge in [0.15, 0.2) is 5.58 Å². The third kappa shape index (κ3) is 3.90. The minimum atomic E-state index is -0.558. The Morgan fingerprint density at radius 3 is 2.72 bits per heavy atom. The number of hydrogen-bond acceptors (Lipinski definition) is 3. The fourth-order valence-electron chi connectivity index (χ4n) is 3.18. The van der Waals surface area contributed by atoms with E-state index in [1.165, 1.54) is 17.7 Å². The van der Waals surface area contributed by atoms with Crippen molar-refractivity contribution < 1.29 is 13.6 Å². The molecule has 1 N–H and O–H groups in total. The Hall–Kier alpha value is -3.47. The van der Waals surface area contributed by atoms with Crippen LogP contribution in [0.25, 0.3) is 22.6 Å². The minimum Gasteiger partial charge on any atom is -0.436 e. The SMILES string of the molecule is CC[C@@H](C)c1ccc2oc(-c3cccc(NC(=O)c4ccccc4F)c3)nc2c1. The van der Waals surface area contributed by atoms with Gasteiger partial charge in [-0.25, -0.2) is 9.37 Å². The first-order valence-corrected chi connectivity index (χ1v) is 9.62. The largest absolute Gasteiger partial charge is 0.436 e. The van der Waals surface area contributed by atoms with Gasteiger partial charge in [0.2, 0.25) is 5.89 Å². The topological polar surface area (TPSA) is 55.1 Å². The van der Waals surface area contributed by atoms with Gasteiger partial charge in [-0.1, -0.05) is 38.1 Å². The lowest BCUT2D eigenvalue weighted by molar-refractivity contribution is 0.102. The molecule has 4 nitrogen and oxygen atoms in total.